The van der Waals surface area contributed by atoms with Crippen LogP contribution in [0.3, 0.4) is 0 Å². The maximum Gasteiger partial charge on any atom is 0.305 e. The first-order valence-corrected chi connectivity index (χ1v) is 41.1. The van der Waals surface area contributed by atoms with E-state index in [9.17, 15) is 19.8 Å². The van der Waals surface area contributed by atoms with Gasteiger partial charge >= 0.3 is 5.97 Å². The van der Waals surface area contributed by atoms with Crippen LogP contribution in [-0.4, -0.2) is 47.4 Å². The standard InChI is InChI=1S/C83H161NO5/c1-3-5-7-9-11-13-15-17-18-19-20-21-39-42-45-48-52-55-59-63-67-71-75-81(86)80(79-85)84-82(87)76-72-68-64-60-56-53-49-46-43-40-37-35-33-31-29-27-25-23-22-24-26-28-30-32-34-36-38-41-44-47-50-54-58-62-66-70-74-78-89-83(88)77-73-69-65-61-57-51-16-14-12-10-8-6-4-2/h22,24,71,75,80-81,85-86H,3-21,23,25-70,72-74,76-79H2,1-2H3,(H,84,87)/b24-22-,75-71+. The molecule has 0 saturated heterocycles. The van der Waals surface area contributed by atoms with Crippen LogP contribution in [0.25, 0.3) is 0 Å². The van der Waals surface area contributed by atoms with Crippen molar-refractivity contribution < 1.29 is 24.5 Å². The van der Waals surface area contributed by atoms with Gasteiger partial charge in [0, 0.05) is 12.8 Å². The topological polar surface area (TPSA) is 95.9 Å². The molecule has 6 nitrogen and oxygen atoms in total. The van der Waals surface area contributed by atoms with E-state index < -0.39 is 12.1 Å². The number of esters is 1. The molecule has 2 unspecified atom stereocenters. The Bertz CT molecular complexity index is 1400. The number of aliphatic hydroxyl groups excluding tert-OH is 2. The van der Waals surface area contributed by atoms with Crippen LogP contribution in [0.15, 0.2) is 24.3 Å². The first-order chi connectivity index (χ1) is 44.0. The number of hydrogen-bond acceptors (Lipinski definition) is 5. The van der Waals surface area contributed by atoms with E-state index in [1.165, 1.54) is 405 Å². The fourth-order valence-electron chi connectivity index (χ4n) is 13.2. The van der Waals surface area contributed by atoms with E-state index >= 15 is 0 Å². The fraction of sp³-hybridized carbons (Fsp3) is 0.928. The molecule has 2 atom stereocenters. The lowest BCUT2D eigenvalue weighted by Crippen LogP contribution is -2.45. The van der Waals surface area contributed by atoms with Crippen LogP contribution in [0.2, 0.25) is 0 Å². The second-order valence-electron chi connectivity index (χ2n) is 28.5. The summed E-state index contributed by atoms with van der Waals surface area (Å²) in [6.07, 6.45) is 102. The zero-order valence-electron chi connectivity index (χ0n) is 60.7. The van der Waals surface area contributed by atoms with Crippen LogP contribution < -0.4 is 5.32 Å². The highest BCUT2D eigenvalue weighted by molar-refractivity contribution is 5.76. The average molecular weight is 1250 g/mol. The summed E-state index contributed by atoms with van der Waals surface area (Å²) in [6, 6.07) is -0.626. The maximum absolute atomic E-state index is 12.6. The Kier molecular flexibility index (Phi) is 77.3. The molecule has 0 aliphatic heterocycles. The zero-order chi connectivity index (χ0) is 64.2. The molecule has 0 aliphatic carbocycles. The van der Waals surface area contributed by atoms with Gasteiger partial charge in [-0.2, -0.15) is 0 Å². The van der Waals surface area contributed by atoms with E-state index in [1.54, 1.807) is 6.08 Å². The van der Waals surface area contributed by atoms with Crippen molar-refractivity contribution in [2.45, 2.75) is 482 Å². The smallest absolute Gasteiger partial charge is 0.305 e. The molecule has 528 valence electrons. The molecule has 0 aromatic carbocycles. The number of hydrogen-bond donors (Lipinski definition) is 3. The third kappa shape index (κ3) is 75.3. The summed E-state index contributed by atoms with van der Waals surface area (Å²) >= 11 is 0. The highest BCUT2D eigenvalue weighted by Gasteiger charge is 2.18. The summed E-state index contributed by atoms with van der Waals surface area (Å²) in [5.41, 5.74) is 0. The lowest BCUT2D eigenvalue weighted by molar-refractivity contribution is -0.143. The molecule has 3 N–H and O–H groups in total. The summed E-state index contributed by atoms with van der Waals surface area (Å²) in [6.45, 7) is 4.96. The minimum atomic E-state index is -0.843. The highest BCUT2D eigenvalue weighted by Crippen LogP contribution is 2.20. The van der Waals surface area contributed by atoms with Crippen LogP contribution in [0.1, 0.15) is 470 Å². The molecule has 0 aliphatic rings. The Labute approximate surface area is 558 Å². The van der Waals surface area contributed by atoms with E-state index in [1.807, 2.05) is 6.08 Å². The van der Waals surface area contributed by atoms with E-state index in [4.69, 9.17) is 4.74 Å². The average Bonchev–Trinajstić information content (AvgIpc) is 3.68. The van der Waals surface area contributed by atoms with Gasteiger partial charge in [0.25, 0.3) is 0 Å². The predicted octanol–water partition coefficient (Wildman–Crippen LogP) is 27.2. The van der Waals surface area contributed by atoms with Crippen molar-refractivity contribution in [3.63, 3.8) is 0 Å². The number of carbonyl (C=O) groups excluding carboxylic acids is 2. The lowest BCUT2D eigenvalue weighted by Gasteiger charge is -2.20. The van der Waals surface area contributed by atoms with Gasteiger partial charge in [0.05, 0.1) is 25.4 Å². The highest BCUT2D eigenvalue weighted by atomic mass is 16.5. The normalized spacial score (nSPS) is 12.5. The number of carbonyl (C=O) groups is 2. The molecular weight excluding hydrogens is 1090 g/mol. The number of ether oxygens (including phenoxy) is 1. The summed E-state index contributed by atoms with van der Waals surface area (Å²) in [4.78, 5) is 24.6. The molecule has 0 aromatic heterocycles. The summed E-state index contributed by atoms with van der Waals surface area (Å²) in [5.74, 6) is -0.0350. The SMILES string of the molecule is CCCCCCCCCCCCCCCCCCCCCC/C=C/C(O)C(CO)NC(=O)CCCCCCCCCCCCCCCCCCC/C=C\CCCCCCCCCCCCCCCCCCOC(=O)CCCCCCCCCCCCCCC. The Morgan fingerprint density at radius 3 is 0.798 bits per heavy atom. The van der Waals surface area contributed by atoms with Gasteiger partial charge in [0.2, 0.25) is 5.91 Å². The van der Waals surface area contributed by atoms with Gasteiger partial charge in [-0.05, 0) is 57.8 Å². The van der Waals surface area contributed by atoms with Crippen molar-refractivity contribution in [3.05, 3.63) is 24.3 Å². The lowest BCUT2D eigenvalue weighted by atomic mass is 10.0. The van der Waals surface area contributed by atoms with Crippen LogP contribution in [0.5, 0.6) is 0 Å². The van der Waals surface area contributed by atoms with Gasteiger partial charge < -0.3 is 20.3 Å². The predicted molar refractivity (Wildman–Crippen MR) is 393 cm³/mol. The Morgan fingerprint density at radius 1 is 0.303 bits per heavy atom. The van der Waals surface area contributed by atoms with Crippen molar-refractivity contribution in [3.8, 4) is 0 Å². The third-order valence-electron chi connectivity index (χ3n) is 19.5. The van der Waals surface area contributed by atoms with Crippen LogP contribution in [0, 0.1) is 0 Å². The minimum Gasteiger partial charge on any atom is -0.466 e. The molecule has 0 fully saturated rings. The van der Waals surface area contributed by atoms with Gasteiger partial charge in [0.1, 0.15) is 0 Å². The number of unbranched alkanes of at least 4 members (excludes halogenated alkanes) is 65. The van der Waals surface area contributed by atoms with Gasteiger partial charge in [0.15, 0.2) is 0 Å². The second kappa shape index (κ2) is 78.8. The molecule has 0 aromatic rings. The quantitative estimate of drug-likeness (QED) is 0.0320. The van der Waals surface area contributed by atoms with Crippen LogP contribution >= 0.6 is 0 Å². The maximum atomic E-state index is 12.6. The van der Waals surface area contributed by atoms with Crippen molar-refractivity contribution >= 4 is 11.9 Å². The Morgan fingerprint density at radius 2 is 0.528 bits per heavy atom. The number of rotatable bonds is 78. The van der Waals surface area contributed by atoms with Crippen LogP contribution in [0.4, 0.5) is 0 Å². The number of aliphatic hydroxyl groups is 2. The number of allylic oxidation sites excluding steroid dienone is 3. The molecule has 1 amide bonds. The molecule has 0 radical (unpaired) electrons. The van der Waals surface area contributed by atoms with Gasteiger partial charge in [-0.1, -0.05) is 423 Å². The molecule has 89 heavy (non-hydrogen) atoms. The molecule has 0 heterocycles. The first-order valence-electron chi connectivity index (χ1n) is 41.1. The fourth-order valence-corrected chi connectivity index (χ4v) is 13.2. The summed E-state index contributed by atoms with van der Waals surface area (Å²) in [5, 5.41) is 23.3. The summed E-state index contributed by atoms with van der Waals surface area (Å²) in [7, 11) is 0. The van der Waals surface area contributed by atoms with Gasteiger partial charge in [-0.25, -0.2) is 0 Å². The van der Waals surface area contributed by atoms with E-state index in [-0.39, 0.29) is 18.5 Å². The van der Waals surface area contributed by atoms with Crippen molar-refractivity contribution in [2.24, 2.45) is 0 Å². The molecular formula is C83H161NO5. The Balaban J connectivity index is 3.35. The van der Waals surface area contributed by atoms with Gasteiger partial charge in [-0.3, -0.25) is 9.59 Å². The first kappa shape index (κ1) is 87.3. The van der Waals surface area contributed by atoms with Crippen LogP contribution in [-0.2, 0) is 14.3 Å². The molecule has 0 saturated carbocycles. The second-order valence-corrected chi connectivity index (χ2v) is 28.5. The number of nitrogens with one attached hydrogen (secondary N) is 1. The zero-order valence-corrected chi connectivity index (χ0v) is 60.7. The summed E-state index contributed by atoms with van der Waals surface area (Å²) < 4.78 is 5.50. The number of amides is 1. The monoisotopic (exact) mass is 1250 g/mol. The van der Waals surface area contributed by atoms with Crippen molar-refractivity contribution in [1.29, 1.82) is 0 Å². The third-order valence-corrected chi connectivity index (χ3v) is 19.5. The van der Waals surface area contributed by atoms with E-state index in [2.05, 4.69) is 31.3 Å². The van der Waals surface area contributed by atoms with E-state index in [0.29, 0.717) is 19.4 Å². The van der Waals surface area contributed by atoms with E-state index in [0.717, 1.165) is 38.5 Å². The Hall–Kier alpha value is -1.66. The van der Waals surface area contributed by atoms with Crippen molar-refractivity contribution in [2.75, 3.05) is 13.2 Å². The molecule has 0 bridgehead atoms. The van der Waals surface area contributed by atoms with Gasteiger partial charge in [-0.15, -0.1) is 0 Å². The molecule has 0 spiro atoms. The minimum absolute atomic E-state index is 0.0238. The molecule has 6 heteroatoms. The van der Waals surface area contributed by atoms with Crippen molar-refractivity contribution in [1.82, 2.24) is 5.32 Å². The largest absolute Gasteiger partial charge is 0.466 e. The molecule has 0 rings (SSSR count).